The van der Waals surface area contributed by atoms with Crippen molar-refractivity contribution in [1.29, 1.82) is 0 Å². The molecule has 3 heterocycles. The lowest BCUT2D eigenvalue weighted by Crippen LogP contribution is -2.24. The van der Waals surface area contributed by atoms with E-state index >= 15 is 0 Å². The Morgan fingerprint density at radius 3 is 2.59 bits per heavy atom. The molecule has 1 aliphatic rings. The molecule has 0 saturated heterocycles. The second kappa shape index (κ2) is 8.55. The molecule has 0 atom stereocenters. The summed E-state index contributed by atoms with van der Waals surface area (Å²) in [6.45, 7) is 0.682. The zero-order valence-electron chi connectivity index (χ0n) is 19.2. The van der Waals surface area contributed by atoms with E-state index in [4.69, 9.17) is 24.9 Å². The first-order chi connectivity index (χ1) is 16.5. The summed E-state index contributed by atoms with van der Waals surface area (Å²) >= 11 is 0. The zero-order chi connectivity index (χ0) is 23.8. The molecule has 0 spiro atoms. The summed E-state index contributed by atoms with van der Waals surface area (Å²) in [6.07, 6.45) is 3.42. The Hall–Kier alpha value is -4.33. The van der Waals surface area contributed by atoms with Gasteiger partial charge in [-0.3, -0.25) is 9.78 Å². The van der Waals surface area contributed by atoms with Gasteiger partial charge in [0.05, 0.1) is 56.9 Å². The molecule has 1 amide bonds. The molecule has 0 radical (unpaired) electrons. The lowest BCUT2D eigenvalue weighted by Gasteiger charge is -2.18. The van der Waals surface area contributed by atoms with Gasteiger partial charge in [0.25, 0.3) is 5.91 Å². The molecule has 2 aromatic heterocycles. The highest BCUT2D eigenvalue weighted by Gasteiger charge is 2.33. The maximum Gasteiger partial charge on any atom is 0.258 e. The van der Waals surface area contributed by atoms with Crippen LogP contribution in [0.4, 0.5) is 5.69 Å². The summed E-state index contributed by atoms with van der Waals surface area (Å²) in [5.41, 5.74) is 11.3. The Morgan fingerprint density at radius 2 is 1.82 bits per heavy atom. The lowest BCUT2D eigenvalue weighted by molar-refractivity contribution is 0.0766. The lowest BCUT2D eigenvalue weighted by atomic mass is 9.99. The van der Waals surface area contributed by atoms with Gasteiger partial charge in [0.2, 0.25) is 0 Å². The van der Waals surface area contributed by atoms with E-state index in [9.17, 15) is 4.79 Å². The van der Waals surface area contributed by atoms with Crippen molar-refractivity contribution < 1.29 is 19.0 Å². The average Bonchev–Trinajstić information content (AvgIpc) is 3.18. The van der Waals surface area contributed by atoms with Crippen LogP contribution < -0.4 is 19.9 Å². The van der Waals surface area contributed by atoms with Crippen LogP contribution in [0.15, 0.2) is 54.9 Å². The smallest absolute Gasteiger partial charge is 0.258 e. The summed E-state index contributed by atoms with van der Waals surface area (Å²) in [4.78, 5) is 24.3. The van der Waals surface area contributed by atoms with Crippen LogP contribution >= 0.6 is 0 Å². The number of hydrogen-bond acceptors (Lipinski definition) is 7. The maximum atomic E-state index is 13.4. The van der Waals surface area contributed by atoms with Gasteiger partial charge in [-0.25, -0.2) is 4.98 Å². The minimum Gasteiger partial charge on any atom is -0.497 e. The third-order valence-corrected chi connectivity index (χ3v) is 6.11. The van der Waals surface area contributed by atoms with E-state index in [1.54, 1.807) is 44.7 Å². The van der Waals surface area contributed by atoms with E-state index < -0.39 is 0 Å². The van der Waals surface area contributed by atoms with Crippen LogP contribution in [-0.2, 0) is 13.1 Å². The third kappa shape index (κ3) is 3.44. The second-order valence-electron chi connectivity index (χ2n) is 7.96. The number of nitrogens with zero attached hydrogens (tertiary/aromatic N) is 3. The van der Waals surface area contributed by atoms with Crippen LogP contribution in [0.5, 0.6) is 17.2 Å². The highest BCUT2D eigenvalue weighted by Crippen LogP contribution is 2.39. The van der Waals surface area contributed by atoms with Crippen molar-refractivity contribution in [2.75, 3.05) is 27.1 Å². The summed E-state index contributed by atoms with van der Waals surface area (Å²) < 4.78 is 16.4. The summed E-state index contributed by atoms with van der Waals surface area (Å²) in [6, 6.07) is 13.1. The fraction of sp³-hybridized carbons (Fsp3) is 0.192. The molecule has 0 bridgehead atoms. The molecule has 0 fully saturated rings. The quantitative estimate of drug-likeness (QED) is 0.467. The van der Waals surface area contributed by atoms with Crippen molar-refractivity contribution in [1.82, 2.24) is 14.9 Å². The van der Waals surface area contributed by atoms with Gasteiger partial charge >= 0.3 is 0 Å². The number of amides is 1. The number of ether oxygens (including phenoxy) is 3. The summed E-state index contributed by atoms with van der Waals surface area (Å²) in [5, 5.41) is 0.719. The molecule has 4 aromatic rings. The predicted molar refractivity (Wildman–Crippen MR) is 129 cm³/mol. The molecule has 2 aromatic carbocycles. The number of anilines is 1. The Labute approximate surface area is 196 Å². The fourth-order valence-corrected chi connectivity index (χ4v) is 4.44. The maximum absolute atomic E-state index is 13.4. The normalized spacial score (nSPS) is 12.7. The van der Waals surface area contributed by atoms with E-state index in [0.717, 1.165) is 22.1 Å². The molecule has 8 heteroatoms. The van der Waals surface area contributed by atoms with Gasteiger partial charge in [-0.2, -0.15) is 0 Å². The van der Waals surface area contributed by atoms with Crippen molar-refractivity contribution in [3.8, 4) is 28.4 Å². The largest absolute Gasteiger partial charge is 0.497 e. The van der Waals surface area contributed by atoms with E-state index in [1.165, 1.54) is 0 Å². The first-order valence-corrected chi connectivity index (χ1v) is 10.7. The van der Waals surface area contributed by atoms with Gasteiger partial charge in [0.15, 0.2) is 0 Å². The SMILES string of the molecule is COc1ccc(OC)c(CN2Cc3nc4c(-c5cnccc5OC)cccc4c(N)c3C2=O)c1. The number of hydrogen-bond donors (Lipinski definition) is 1. The van der Waals surface area contributed by atoms with Gasteiger partial charge < -0.3 is 24.8 Å². The highest BCUT2D eigenvalue weighted by atomic mass is 16.5. The van der Waals surface area contributed by atoms with Crippen molar-refractivity contribution in [2.24, 2.45) is 0 Å². The topological polar surface area (TPSA) is 99.8 Å². The molecule has 0 saturated carbocycles. The van der Waals surface area contributed by atoms with Crippen molar-refractivity contribution >= 4 is 22.5 Å². The average molecular weight is 457 g/mol. The summed E-state index contributed by atoms with van der Waals surface area (Å²) in [7, 11) is 4.83. The minimum absolute atomic E-state index is 0.156. The van der Waals surface area contributed by atoms with Gasteiger partial charge in [-0.05, 0) is 24.3 Å². The molecule has 34 heavy (non-hydrogen) atoms. The predicted octanol–water partition coefficient (Wildman–Crippen LogP) is 4.06. The Balaban J connectivity index is 1.58. The van der Waals surface area contributed by atoms with E-state index in [0.29, 0.717) is 52.8 Å². The van der Waals surface area contributed by atoms with Gasteiger partial charge in [0, 0.05) is 34.5 Å². The van der Waals surface area contributed by atoms with Gasteiger partial charge in [-0.15, -0.1) is 0 Å². The zero-order valence-corrected chi connectivity index (χ0v) is 19.2. The second-order valence-corrected chi connectivity index (χ2v) is 7.96. The highest BCUT2D eigenvalue weighted by molar-refractivity contribution is 6.11. The van der Waals surface area contributed by atoms with Crippen LogP contribution in [0.3, 0.4) is 0 Å². The number of methoxy groups -OCH3 is 3. The van der Waals surface area contributed by atoms with E-state index in [-0.39, 0.29) is 5.91 Å². The van der Waals surface area contributed by atoms with Crippen molar-refractivity contribution in [3.63, 3.8) is 0 Å². The molecule has 172 valence electrons. The number of nitrogens with two attached hydrogens (primary N) is 1. The fourth-order valence-electron chi connectivity index (χ4n) is 4.44. The number of carbonyl (C=O) groups is 1. The molecule has 1 aliphatic heterocycles. The van der Waals surface area contributed by atoms with Crippen LogP contribution in [0.1, 0.15) is 21.6 Å². The van der Waals surface area contributed by atoms with Crippen LogP contribution in [0, 0.1) is 0 Å². The van der Waals surface area contributed by atoms with Crippen LogP contribution in [0.2, 0.25) is 0 Å². The number of fused-ring (bicyclic) bond motifs is 2. The molecule has 0 unspecified atom stereocenters. The molecule has 0 aliphatic carbocycles. The van der Waals surface area contributed by atoms with Crippen molar-refractivity contribution in [3.05, 3.63) is 71.7 Å². The van der Waals surface area contributed by atoms with Crippen LogP contribution in [0.25, 0.3) is 22.0 Å². The van der Waals surface area contributed by atoms with Crippen LogP contribution in [-0.4, -0.2) is 42.1 Å². The number of carbonyl (C=O) groups excluding carboxylic acids is 1. The first kappa shape index (κ1) is 21.5. The van der Waals surface area contributed by atoms with E-state index in [2.05, 4.69) is 4.98 Å². The first-order valence-electron chi connectivity index (χ1n) is 10.7. The van der Waals surface area contributed by atoms with E-state index in [1.807, 2.05) is 36.4 Å². The number of para-hydroxylation sites is 1. The Morgan fingerprint density at radius 1 is 1.00 bits per heavy atom. The minimum atomic E-state index is -0.156. The Kier molecular flexibility index (Phi) is 5.41. The third-order valence-electron chi connectivity index (χ3n) is 6.11. The number of benzene rings is 2. The molecule has 2 N–H and O–H groups in total. The summed E-state index contributed by atoms with van der Waals surface area (Å²) in [5.74, 6) is 1.90. The monoisotopic (exact) mass is 456 g/mol. The molecule has 5 rings (SSSR count). The standard InChI is InChI=1S/C26H24N4O4/c1-32-16-7-8-21(33-2)15(11-16)13-30-14-20-23(26(30)31)24(27)18-6-4-5-17(25(18)29-20)19-12-28-10-9-22(19)34-3/h4-12H,13-14H2,1-3H3,(H2,27,29). The molecular weight excluding hydrogens is 432 g/mol. The van der Waals surface area contributed by atoms with Gasteiger partial charge in [0.1, 0.15) is 17.2 Å². The molecule has 8 nitrogen and oxygen atoms in total. The Bertz CT molecular complexity index is 1420. The number of rotatable bonds is 6. The van der Waals surface area contributed by atoms with Gasteiger partial charge in [-0.1, -0.05) is 18.2 Å². The molecular formula is C26H24N4O4. The van der Waals surface area contributed by atoms with Crippen molar-refractivity contribution in [2.45, 2.75) is 13.1 Å². The number of aromatic nitrogens is 2. The number of pyridine rings is 2. The number of nitrogen functional groups attached to an aromatic ring is 1.